The average Bonchev–Trinajstić information content (AvgIpc) is 3.05. The van der Waals surface area contributed by atoms with Crippen molar-refractivity contribution in [1.82, 2.24) is 5.32 Å². The number of carbonyl (C=O) groups excluding carboxylic acids is 1. The molecule has 2 N–H and O–H groups in total. The second-order valence-corrected chi connectivity index (χ2v) is 7.77. The summed E-state index contributed by atoms with van der Waals surface area (Å²) < 4.78 is 11.3. The van der Waals surface area contributed by atoms with Crippen LogP contribution in [0.1, 0.15) is 17.5 Å². The Balaban J connectivity index is 1.74. The maximum absolute atomic E-state index is 11.8. The molecule has 2 aromatic carbocycles. The quantitative estimate of drug-likeness (QED) is 0.474. The zero-order valence-electron chi connectivity index (χ0n) is 15.9. The molecule has 1 saturated heterocycles. The molecule has 1 aliphatic rings. The van der Waals surface area contributed by atoms with Crippen LogP contribution in [0.25, 0.3) is 0 Å². The molecule has 0 spiro atoms. The average molecular weight is 448 g/mol. The van der Waals surface area contributed by atoms with Crippen molar-refractivity contribution >= 4 is 46.6 Å². The van der Waals surface area contributed by atoms with Crippen molar-refractivity contribution in [3.63, 3.8) is 0 Å². The summed E-state index contributed by atoms with van der Waals surface area (Å²) in [5.41, 5.74) is 1.52. The number of nitrogens with zero attached hydrogens (tertiary/aromatic N) is 2. The molecule has 1 unspecified atom stereocenters. The smallest absolute Gasteiger partial charge is 0.305 e. The highest BCUT2D eigenvalue weighted by Gasteiger charge is 2.32. The minimum Gasteiger partial charge on any atom is -0.493 e. The van der Waals surface area contributed by atoms with Gasteiger partial charge >= 0.3 is 5.97 Å². The minimum absolute atomic E-state index is 0.242. The van der Waals surface area contributed by atoms with Gasteiger partial charge in [-0.1, -0.05) is 41.6 Å². The van der Waals surface area contributed by atoms with E-state index in [2.05, 4.69) is 15.5 Å². The summed E-state index contributed by atoms with van der Waals surface area (Å²) >= 11 is 7.04. The number of ether oxygens (including phenoxy) is 2. The Bertz CT molecular complexity index is 1010. The molecule has 8 nitrogen and oxygen atoms in total. The monoisotopic (exact) mass is 447 g/mol. The van der Waals surface area contributed by atoms with E-state index < -0.39 is 17.1 Å². The number of carboxylic acid groups (broad SMARTS) is 1. The normalized spacial score (nSPS) is 17.3. The Morgan fingerprint density at radius 2 is 2.13 bits per heavy atom. The van der Waals surface area contributed by atoms with Crippen molar-refractivity contribution < 1.29 is 24.2 Å². The molecule has 30 heavy (non-hydrogen) atoms. The summed E-state index contributed by atoms with van der Waals surface area (Å²) in [4.78, 5) is 22.6. The Hall–Kier alpha value is -3.04. The van der Waals surface area contributed by atoms with Crippen LogP contribution in [-0.4, -0.2) is 40.7 Å². The Labute approximate surface area is 181 Å². The first-order valence-electron chi connectivity index (χ1n) is 8.81. The van der Waals surface area contributed by atoms with E-state index in [9.17, 15) is 9.59 Å². The molecule has 10 heteroatoms. The van der Waals surface area contributed by atoms with Crippen LogP contribution in [0.15, 0.2) is 52.7 Å². The summed E-state index contributed by atoms with van der Waals surface area (Å²) in [6, 6.07) is 12.7. The Morgan fingerprint density at radius 1 is 1.33 bits per heavy atom. The zero-order valence-corrected chi connectivity index (χ0v) is 17.4. The lowest BCUT2D eigenvalue weighted by atomic mass is 10.2. The number of amidine groups is 1. The molecule has 1 fully saturated rings. The number of aliphatic carboxylic acids is 1. The van der Waals surface area contributed by atoms with Crippen molar-refractivity contribution in [2.75, 3.05) is 7.11 Å². The standard InChI is InChI=1S/C20H18ClN3O5S/c1-28-15-7-3-5-13(18(15)29-11-12-4-2-6-14(21)8-12)10-22-24-20-23-19(27)16(30-20)9-17(25)26/h2-8,10,16H,9,11H2,1H3,(H,25,26)(H,23,24,27)/b22-10+. The predicted molar refractivity (Wildman–Crippen MR) is 116 cm³/mol. The predicted octanol–water partition coefficient (Wildman–Crippen LogP) is 3.32. The molecule has 0 aromatic heterocycles. The molecule has 3 rings (SSSR count). The summed E-state index contributed by atoms with van der Waals surface area (Å²) in [5.74, 6) is -0.442. The van der Waals surface area contributed by atoms with Gasteiger partial charge in [-0.2, -0.15) is 5.10 Å². The van der Waals surface area contributed by atoms with Gasteiger partial charge in [-0.25, -0.2) is 0 Å². The SMILES string of the molecule is COc1cccc(/C=N/N=C2\NC(=O)C(CC(=O)O)S2)c1OCc1cccc(Cl)c1. The largest absolute Gasteiger partial charge is 0.493 e. The molecule has 0 radical (unpaired) electrons. The highest BCUT2D eigenvalue weighted by Crippen LogP contribution is 2.31. The van der Waals surface area contributed by atoms with Gasteiger partial charge in [-0.3, -0.25) is 9.59 Å². The van der Waals surface area contributed by atoms with Crippen LogP contribution >= 0.6 is 23.4 Å². The molecular weight excluding hydrogens is 430 g/mol. The highest BCUT2D eigenvalue weighted by molar-refractivity contribution is 8.15. The van der Waals surface area contributed by atoms with Gasteiger partial charge in [0.25, 0.3) is 0 Å². The first kappa shape index (κ1) is 21.7. The number of thioether (sulfide) groups is 1. The van der Waals surface area contributed by atoms with Gasteiger partial charge < -0.3 is 19.9 Å². The van der Waals surface area contributed by atoms with E-state index >= 15 is 0 Å². The molecule has 0 saturated carbocycles. The lowest BCUT2D eigenvalue weighted by molar-refractivity contribution is -0.138. The van der Waals surface area contributed by atoms with Crippen LogP contribution in [-0.2, 0) is 16.2 Å². The first-order valence-corrected chi connectivity index (χ1v) is 10.1. The third-order valence-electron chi connectivity index (χ3n) is 3.98. The number of nitrogens with one attached hydrogen (secondary N) is 1. The van der Waals surface area contributed by atoms with Crippen LogP contribution in [0.4, 0.5) is 0 Å². The number of carbonyl (C=O) groups is 2. The zero-order chi connectivity index (χ0) is 21.5. The number of benzene rings is 2. The van der Waals surface area contributed by atoms with Crippen LogP contribution in [0.5, 0.6) is 11.5 Å². The number of para-hydroxylation sites is 1. The molecule has 2 aromatic rings. The van der Waals surface area contributed by atoms with Crippen molar-refractivity contribution in [1.29, 1.82) is 0 Å². The van der Waals surface area contributed by atoms with Gasteiger partial charge in [0, 0.05) is 10.6 Å². The fourth-order valence-corrected chi connectivity index (χ4v) is 3.75. The van der Waals surface area contributed by atoms with Crippen molar-refractivity contribution in [2.45, 2.75) is 18.3 Å². The molecule has 1 amide bonds. The van der Waals surface area contributed by atoms with Gasteiger partial charge in [0.2, 0.25) is 5.91 Å². The van der Waals surface area contributed by atoms with Gasteiger partial charge in [-0.15, -0.1) is 5.10 Å². The molecule has 156 valence electrons. The van der Waals surface area contributed by atoms with Crippen LogP contribution in [0.3, 0.4) is 0 Å². The van der Waals surface area contributed by atoms with Crippen LogP contribution in [0, 0.1) is 0 Å². The third kappa shape index (κ3) is 5.74. The van der Waals surface area contributed by atoms with Gasteiger partial charge in [0.15, 0.2) is 16.7 Å². The number of hydrogen-bond acceptors (Lipinski definition) is 7. The molecular formula is C20H18ClN3O5S. The molecule has 1 heterocycles. The molecule has 1 atom stereocenters. The van der Waals surface area contributed by atoms with Gasteiger partial charge in [0.1, 0.15) is 11.9 Å². The number of carboxylic acids is 1. The Morgan fingerprint density at radius 3 is 2.87 bits per heavy atom. The lowest BCUT2D eigenvalue weighted by Crippen LogP contribution is -2.26. The maximum Gasteiger partial charge on any atom is 0.305 e. The fourth-order valence-electron chi connectivity index (χ4n) is 2.62. The fraction of sp³-hybridized carbons (Fsp3) is 0.200. The number of methoxy groups -OCH3 is 1. The van der Waals surface area contributed by atoms with E-state index in [1.807, 2.05) is 18.2 Å². The molecule has 0 bridgehead atoms. The van der Waals surface area contributed by atoms with E-state index in [0.717, 1.165) is 17.3 Å². The van der Waals surface area contributed by atoms with Crippen LogP contribution < -0.4 is 14.8 Å². The molecule has 1 aliphatic heterocycles. The summed E-state index contributed by atoms with van der Waals surface area (Å²) in [6.07, 6.45) is 1.19. The molecule has 0 aliphatic carbocycles. The van der Waals surface area contributed by atoms with Crippen molar-refractivity contribution in [2.24, 2.45) is 10.2 Å². The third-order valence-corrected chi connectivity index (χ3v) is 5.29. The summed E-state index contributed by atoms with van der Waals surface area (Å²) in [6.45, 7) is 0.277. The van der Waals surface area contributed by atoms with E-state index in [-0.39, 0.29) is 18.2 Å². The van der Waals surface area contributed by atoms with E-state index in [1.54, 1.807) is 24.3 Å². The van der Waals surface area contributed by atoms with Crippen molar-refractivity contribution in [3.05, 3.63) is 58.6 Å². The topological polar surface area (TPSA) is 110 Å². The van der Waals surface area contributed by atoms with Crippen LogP contribution in [0.2, 0.25) is 5.02 Å². The maximum atomic E-state index is 11.8. The highest BCUT2D eigenvalue weighted by atomic mass is 35.5. The number of rotatable bonds is 8. The second-order valence-electron chi connectivity index (χ2n) is 6.14. The first-order chi connectivity index (χ1) is 14.5. The summed E-state index contributed by atoms with van der Waals surface area (Å²) in [7, 11) is 1.54. The Kier molecular flexibility index (Phi) is 7.31. The second kappa shape index (κ2) is 10.1. The number of amides is 1. The summed E-state index contributed by atoms with van der Waals surface area (Å²) in [5, 5.41) is 19.5. The van der Waals surface area contributed by atoms with Gasteiger partial charge in [-0.05, 0) is 29.8 Å². The van der Waals surface area contributed by atoms with Crippen molar-refractivity contribution in [3.8, 4) is 11.5 Å². The lowest BCUT2D eigenvalue weighted by Gasteiger charge is -2.13. The van der Waals surface area contributed by atoms with E-state index in [1.165, 1.54) is 13.3 Å². The number of halogens is 1. The van der Waals surface area contributed by atoms with E-state index in [4.69, 9.17) is 26.2 Å². The van der Waals surface area contributed by atoms with Gasteiger partial charge in [0.05, 0.1) is 19.7 Å². The number of hydrogen-bond donors (Lipinski definition) is 2. The minimum atomic E-state index is -1.05. The van der Waals surface area contributed by atoms with E-state index in [0.29, 0.717) is 22.1 Å².